The van der Waals surface area contributed by atoms with Gasteiger partial charge in [0.05, 0.1) is 13.3 Å². The van der Waals surface area contributed by atoms with Crippen LogP contribution < -0.4 is 10.2 Å². The summed E-state index contributed by atoms with van der Waals surface area (Å²) in [7, 11) is 1.59. The van der Waals surface area contributed by atoms with Crippen molar-refractivity contribution in [3.8, 4) is 5.75 Å². The average molecular weight is 397 g/mol. The number of nitrogens with one attached hydrogen (secondary N) is 1. The molecule has 0 aliphatic heterocycles. The van der Waals surface area contributed by atoms with Crippen LogP contribution in [0.15, 0.2) is 84.1 Å². The number of rotatable bonds is 6. The molecule has 5 heteroatoms. The van der Waals surface area contributed by atoms with Crippen LogP contribution in [0.1, 0.15) is 27.0 Å². The van der Waals surface area contributed by atoms with Crippen LogP contribution in [0.2, 0.25) is 0 Å². The SMILES string of the molecule is COc1ccc(C(=O)N/N=C\c2cn(Cc3cccc(C)c3)c3ccccc23)cc1. The molecule has 150 valence electrons. The zero-order valence-corrected chi connectivity index (χ0v) is 17.0. The fourth-order valence-corrected chi connectivity index (χ4v) is 3.48. The average Bonchev–Trinajstić information content (AvgIpc) is 3.11. The Labute approximate surface area is 175 Å². The van der Waals surface area contributed by atoms with Crippen molar-refractivity contribution in [1.82, 2.24) is 9.99 Å². The largest absolute Gasteiger partial charge is 0.497 e. The monoisotopic (exact) mass is 397 g/mol. The first kappa shape index (κ1) is 19.5. The third kappa shape index (κ3) is 4.25. The van der Waals surface area contributed by atoms with Gasteiger partial charge in [0.15, 0.2) is 0 Å². The zero-order chi connectivity index (χ0) is 20.9. The molecule has 1 heterocycles. The fraction of sp³-hybridized carbons (Fsp3) is 0.120. The second-order valence-electron chi connectivity index (χ2n) is 7.15. The molecule has 0 unspecified atom stereocenters. The van der Waals surface area contributed by atoms with Crippen LogP contribution in [0.5, 0.6) is 5.75 Å². The number of fused-ring (bicyclic) bond motifs is 1. The van der Waals surface area contributed by atoms with Gasteiger partial charge in [-0.3, -0.25) is 4.79 Å². The molecule has 1 N–H and O–H groups in total. The van der Waals surface area contributed by atoms with Crippen LogP contribution in [-0.2, 0) is 6.54 Å². The predicted octanol–water partition coefficient (Wildman–Crippen LogP) is 4.77. The molecule has 0 atom stereocenters. The third-order valence-electron chi connectivity index (χ3n) is 4.98. The molecule has 1 aromatic heterocycles. The Morgan fingerprint density at radius 2 is 1.87 bits per heavy atom. The highest BCUT2D eigenvalue weighted by Crippen LogP contribution is 2.21. The maximum Gasteiger partial charge on any atom is 0.271 e. The van der Waals surface area contributed by atoms with Crippen molar-refractivity contribution >= 4 is 23.0 Å². The van der Waals surface area contributed by atoms with Crippen molar-refractivity contribution in [2.45, 2.75) is 13.5 Å². The number of hydrogen-bond donors (Lipinski definition) is 1. The van der Waals surface area contributed by atoms with Crippen molar-refractivity contribution in [1.29, 1.82) is 0 Å². The number of hydrazone groups is 1. The summed E-state index contributed by atoms with van der Waals surface area (Å²) in [5.74, 6) is 0.439. The molecule has 0 spiro atoms. The summed E-state index contributed by atoms with van der Waals surface area (Å²) in [6.07, 6.45) is 3.76. The molecular weight excluding hydrogens is 374 g/mol. The van der Waals surface area contributed by atoms with E-state index in [4.69, 9.17) is 4.74 Å². The molecule has 0 radical (unpaired) electrons. The minimum atomic E-state index is -0.266. The molecule has 0 bridgehead atoms. The highest BCUT2D eigenvalue weighted by atomic mass is 16.5. The lowest BCUT2D eigenvalue weighted by molar-refractivity contribution is 0.0955. The van der Waals surface area contributed by atoms with Crippen LogP contribution in [0.4, 0.5) is 0 Å². The van der Waals surface area contributed by atoms with Crippen LogP contribution in [-0.4, -0.2) is 23.8 Å². The number of carbonyl (C=O) groups is 1. The Kier molecular flexibility index (Phi) is 5.61. The number of para-hydroxylation sites is 1. The van der Waals surface area contributed by atoms with E-state index in [0.29, 0.717) is 11.3 Å². The Morgan fingerprint density at radius 3 is 2.63 bits per heavy atom. The van der Waals surface area contributed by atoms with E-state index >= 15 is 0 Å². The molecule has 0 aliphatic rings. The summed E-state index contributed by atoms with van der Waals surface area (Å²) in [5.41, 5.74) is 7.68. The van der Waals surface area contributed by atoms with Gasteiger partial charge in [-0.2, -0.15) is 5.10 Å². The molecule has 0 saturated carbocycles. The topological polar surface area (TPSA) is 55.6 Å². The van der Waals surface area contributed by atoms with Crippen molar-refractivity contribution in [3.05, 3.63) is 101 Å². The lowest BCUT2D eigenvalue weighted by Gasteiger charge is -2.06. The van der Waals surface area contributed by atoms with E-state index in [-0.39, 0.29) is 5.91 Å². The molecule has 5 nitrogen and oxygen atoms in total. The van der Waals surface area contributed by atoms with Crippen molar-refractivity contribution in [3.63, 3.8) is 0 Å². The van der Waals surface area contributed by atoms with Gasteiger partial charge < -0.3 is 9.30 Å². The first-order valence-corrected chi connectivity index (χ1v) is 9.75. The van der Waals surface area contributed by atoms with Gasteiger partial charge in [-0.25, -0.2) is 5.43 Å². The smallest absolute Gasteiger partial charge is 0.271 e. The molecule has 0 aliphatic carbocycles. The summed E-state index contributed by atoms with van der Waals surface area (Å²) < 4.78 is 7.32. The number of hydrogen-bond acceptors (Lipinski definition) is 3. The lowest BCUT2D eigenvalue weighted by Crippen LogP contribution is -2.17. The second-order valence-corrected chi connectivity index (χ2v) is 7.15. The van der Waals surface area contributed by atoms with E-state index < -0.39 is 0 Å². The highest BCUT2D eigenvalue weighted by Gasteiger charge is 2.08. The van der Waals surface area contributed by atoms with Gasteiger partial charge in [0, 0.05) is 34.8 Å². The molecule has 1 amide bonds. The van der Waals surface area contributed by atoms with Gasteiger partial charge in [0.1, 0.15) is 5.75 Å². The van der Waals surface area contributed by atoms with E-state index in [1.165, 1.54) is 11.1 Å². The number of aryl methyl sites for hydroxylation is 1. The van der Waals surface area contributed by atoms with Crippen molar-refractivity contribution in [2.24, 2.45) is 5.10 Å². The molecule has 0 saturated heterocycles. The van der Waals surface area contributed by atoms with Crippen LogP contribution in [0.25, 0.3) is 10.9 Å². The lowest BCUT2D eigenvalue weighted by atomic mass is 10.1. The molecule has 4 rings (SSSR count). The number of aromatic nitrogens is 1. The molecular formula is C25H23N3O2. The number of amides is 1. The number of carbonyl (C=O) groups excluding carboxylic acids is 1. The molecule has 30 heavy (non-hydrogen) atoms. The normalized spacial score (nSPS) is 11.1. The number of nitrogens with zero attached hydrogens (tertiary/aromatic N) is 2. The van der Waals surface area contributed by atoms with Crippen LogP contribution in [0.3, 0.4) is 0 Å². The van der Waals surface area contributed by atoms with Crippen LogP contribution >= 0.6 is 0 Å². The van der Waals surface area contributed by atoms with E-state index in [9.17, 15) is 4.79 Å². The highest BCUT2D eigenvalue weighted by molar-refractivity contribution is 6.00. The summed E-state index contributed by atoms with van der Waals surface area (Å²) in [4.78, 5) is 12.3. The van der Waals surface area contributed by atoms with Gasteiger partial charge in [0.25, 0.3) is 5.91 Å². The Morgan fingerprint density at radius 1 is 1.07 bits per heavy atom. The first-order chi connectivity index (χ1) is 14.6. The zero-order valence-electron chi connectivity index (χ0n) is 17.0. The third-order valence-corrected chi connectivity index (χ3v) is 4.98. The maximum absolute atomic E-state index is 12.3. The van der Waals surface area contributed by atoms with Gasteiger partial charge in [-0.05, 0) is 42.8 Å². The predicted molar refractivity (Wildman–Crippen MR) is 120 cm³/mol. The van der Waals surface area contributed by atoms with Gasteiger partial charge in [0.2, 0.25) is 0 Å². The van der Waals surface area contributed by atoms with Gasteiger partial charge in [-0.1, -0.05) is 48.0 Å². The Balaban J connectivity index is 1.54. The fourth-order valence-electron chi connectivity index (χ4n) is 3.48. The first-order valence-electron chi connectivity index (χ1n) is 9.75. The number of benzene rings is 3. The van der Waals surface area contributed by atoms with E-state index in [1.807, 2.05) is 12.1 Å². The number of ether oxygens (including phenoxy) is 1. The summed E-state index contributed by atoms with van der Waals surface area (Å²) in [5, 5.41) is 5.27. The van der Waals surface area contributed by atoms with Crippen molar-refractivity contribution in [2.75, 3.05) is 7.11 Å². The maximum atomic E-state index is 12.3. The summed E-state index contributed by atoms with van der Waals surface area (Å²) in [6.45, 7) is 2.87. The van der Waals surface area contributed by atoms with Crippen LogP contribution in [0, 0.1) is 6.92 Å². The second kappa shape index (κ2) is 8.66. The summed E-state index contributed by atoms with van der Waals surface area (Å²) in [6, 6.07) is 23.6. The minimum absolute atomic E-state index is 0.266. The molecule has 4 aromatic rings. The van der Waals surface area contributed by atoms with Gasteiger partial charge >= 0.3 is 0 Å². The number of methoxy groups -OCH3 is 1. The molecule has 0 fully saturated rings. The Hall–Kier alpha value is -3.86. The van der Waals surface area contributed by atoms with Crippen molar-refractivity contribution < 1.29 is 9.53 Å². The van der Waals surface area contributed by atoms with Gasteiger partial charge in [-0.15, -0.1) is 0 Å². The standard InChI is InChI=1S/C25H23N3O2/c1-18-6-5-7-19(14-18)16-28-17-21(23-8-3-4-9-24(23)28)15-26-27-25(29)20-10-12-22(30-2)13-11-20/h3-15,17H,16H2,1-2H3,(H,27,29)/b26-15-. The Bertz CT molecular complexity index is 1210. The summed E-state index contributed by atoms with van der Waals surface area (Å²) >= 11 is 0. The molecule has 3 aromatic carbocycles. The van der Waals surface area contributed by atoms with E-state index in [1.54, 1.807) is 37.6 Å². The minimum Gasteiger partial charge on any atom is -0.497 e. The van der Waals surface area contributed by atoms with E-state index in [0.717, 1.165) is 23.0 Å². The quantitative estimate of drug-likeness (QED) is 0.376. The van der Waals surface area contributed by atoms with E-state index in [2.05, 4.69) is 64.6 Å².